The first-order valence-electron chi connectivity index (χ1n) is 12.3. The number of benzene rings is 4. The van der Waals surface area contributed by atoms with Gasteiger partial charge in [-0.3, -0.25) is 0 Å². The molecule has 0 aliphatic heterocycles. The van der Waals surface area contributed by atoms with Crippen LogP contribution in [0.2, 0.25) is 0 Å². The van der Waals surface area contributed by atoms with Crippen molar-refractivity contribution in [2.45, 2.75) is 61.8 Å². The molecule has 0 spiro atoms. The zero-order valence-electron chi connectivity index (χ0n) is 23.1. The summed E-state index contributed by atoms with van der Waals surface area (Å²) in [7, 11) is 0. The maximum atomic E-state index is 3.20. The van der Waals surface area contributed by atoms with Crippen molar-refractivity contribution in [3.05, 3.63) is 132 Å². The van der Waals surface area contributed by atoms with E-state index in [2.05, 4.69) is 36.4 Å². The van der Waals surface area contributed by atoms with E-state index in [1.165, 1.54) is 11.1 Å². The van der Waals surface area contributed by atoms with Crippen molar-refractivity contribution in [2.24, 2.45) is 0 Å². The van der Waals surface area contributed by atoms with E-state index >= 15 is 0 Å². The van der Waals surface area contributed by atoms with Gasteiger partial charge in [-0.2, -0.15) is 120 Å². The first-order valence-corrected chi connectivity index (χ1v) is 12.3. The van der Waals surface area contributed by atoms with E-state index in [0.29, 0.717) is 0 Å². The fourth-order valence-electron chi connectivity index (χ4n) is 2.41. The van der Waals surface area contributed by atoms with E-state index in [1.807, 2.05) is 140 Å². The van der Waals surface area contributed by atoms with Crippen LogP contribution in [-0.4, -0.2) is 0 Å². The summed E-state index contributed by atoms with van der Waals surface area (Å²) in [6.07, 6.45) is 0.918. The second kappa shape index (κ2) is 33.1. The minimum absolute atomic E-state index is 0. The predicted molar refractivity (Wildman–Crippen MR) is 148 cm³/mol. The monoisotopic (exact) mass is 616 g/mol. The third-order valence-electron chi connectivity index (χ3n) is 3.64. The van der Waals surface area contributed by atoms with Gasteiger partial charge in [0.05, 0.1) is 0 Å². The normalized spacial score (nSPS) is 7.66. The molecule has 184 valence electrons. The van der Waals surface area contributed by atoms with Gasteiger partial charge in [0.1, 0.15) is 0 Å². The number of hydrogen-bond donors (Lipinski definition) is 0. The SMILES string of the molecule is CC.CC.CC.CC.[Y].[Y].[c-]1ccccc1-c1[c-]cccc1.[c-]1ccccc1Cc1[c-]cccc1. The maximum absolute atomic E-state index is 3.20. The average Bonchev–Trinajstić information content (AvgIpc) is 2.96. The molecule has 2 heteroatoms. The molecule has 4 aromatic carbocycles. The summed E-state index contributed by atoms with van der Waals surface area (Å²) < 4.78 is 0. The summed E-state index contributed by atoms with van der Waals surface area (Å²) in [5.41, 5.74) is 4.62. The van der Waals surface area contributed by atoms with Crippen molar-refractivity contribution >= 4 is 0 Å². The Kier molecular flexibility index (Phi) is 39.0. The standard InChI is InChI=1S/C13H10.C12H8.4C2H6.2Y/c1-3-7-12(8-4-1)11-13-9-5-2-6-10-13;1-3-7-11(8-4-1)12-9-5-2-6-10-12;4*1-2;;/h1-7,9H,11H2;1-7,9H;4*1-2H3;;/q2*-2;;;;;;. The van der Waals surface area contributed by atoms with Crippen LogP contribution in [0.25, 0.3) is 11.1 Å². The Labute approximate surface area is 268 Å². The number of hydrogen-bond acceptors (Lipinski definition) is 0. The first-order chi connectivity index (χ1) is 16.4. The second-order valence-corrected chi connectivity index (χ2v) is 5.50. The predicted octanol–water partition coefficient (Wildman–Crippen LogP) is 9.93. The molecule has 0 saturated heterocycles. The van der Waals surface area contributed by atoms with E-state index in [4.69, 9.17) is 0 Å². The summed E-state index contributed by atoms with van der Waals surface area (Å²) in [6.45, 7) is 16.0. The molecule has 0 fully saturated rings. The van der Waals surface area contributed by atoms with Crippen LogP contribution in [-0.2, 0) is 71.8 Å². The molecule has 0 saturated carbocycles. The van der Waals surface area contributed by atoms with Gasteiger partial charge in [-0.25, -0.2) is 11.1 Å². The summed E-state index contributed by atoms with van der Waals surface area (Å²) in [6, 6.07) is 44.6. The van der Waals surface area contributed by atoms with Gasteiger partial charge in [0, 0.05) is 65.4 Å². The molecule has 35 heavy (non-hydrogen) atoms. The minimum atomic E-state index is 0. The van der Waals surface area contributed by atoms with Gasteiger partial charge in [-0.05, 0) is 6.42 Å². The van der Waals surface area contributed by atoms with Crippen molar-refractivity contribution in [1.29, 1.82) is 0 Å². The van der Waals surface area contributed by atoms with Gasteiger partial charge in [0.15, 0.2) is 0 Å². The van der Waals surface area contributed by atoms with Gasteiger partial charge >= 0.3 is 0 Å². The van der Waals surface area contributed by atoms with Crippen molar-refractivity contribution in [2.75, 3.05) is 0 Å². The molecular formula is C33H42Y2-4. The fraction of sp³-hybridized carbons (Fsp3) is 0.273. The molecular weight excluding hydrogens is 574 g/mol. The Morgan fingerprint density at radius 2 is 0.686 bits per heavy atom. The Morgan fingerprint density at radius 1 is 0.400 bits per heavy atom. The summed E-state index contributed by atoms with van der Waals surface area (Å²) >= 11 is 0. The van der Waals surface area contributed by atoms with E-state index in [9.17, 15) is 0 Å². The Balaban J connectivity index is -0.000000205. The molecule has 0 unspecified atom stereocenters. The van der Waals surface area contributed by atoms with Crippen molar-refractivity contribution in [1.82, 2.24) is 0 Å². The van der Waals surface area contributed by atoms with Crippen molar-refractivity contribution in [3.8, 4) is 11.1 Å². The molecule has 0 N–H and O–H groups in total. The van der Waals surface area contributed by atoms with Crippen molar-refractivity contribution < 1.29 is 65.4 Å². The van der Waals surface area contributed by atoms with E-state index in [-0.39, 0.29) is 65.4 Å². The number of rotatable bonds is 3. The van der Waals surface area contributed by atoms with Crippen LogP contribution in [0.4, 0.5) is 0 Å². The second-order valence-electron chi connectivity index (χ2n) is 5.50. The molecule has 0 nitrogen and oxygen atoms in total. The smallest absolute Gasteiger partial charge is 0 e. The van der Waals surface area contributed by atoms with Crippen LogP contribution >= 0.6 is 0 Å². The van der Waals surface area contributed by atoms with Gasteiger partial charge in [0.25, 0.3) is 0 Å². The van der Waals surface area contributed by atoms with Crippen LogP contribution in [0.3, 0.4) is 0 Å². The Morgan fingerprint density at radius 3 is 0.914 bits per heavy atom. The first kappa shape index (κ1) is 41.2. The van der Waals surface area contributed by atoms with Crippen LogP contribution in [0, 0.1) is 24.3 Å². The third-order valence-corrected chi connectivity index (χ3v) is 3.64. The van der Waals surface area contributed by atoms with Gasteiger partial charge < -0.3 is 0 Å². The molecule has 0 aliphatic carbocycles. The van der Waals surface area contributed by atoms with Crippen molar-refractivity contribution in [3.63, 3.8) is 0 Å². The van der Waals surface area contributed by atoms with Crippen LogP contribution in [0.5, 0.6) is 0 Å². The molecule has 0 heterocycles. The fourth-order valence-corrected chi connectivity index (χ4v) is 2.41. The van der Waals surface area contributed by atoms with E-state index < -0.39 is 0 Å². The summed E-state index contributed by atoms with van der Waals surface area (Å²) in [5.74, 6) is 0. The molecule has 0 atom stereocenters. The van der Waals surface area contributed by atoms with Gasteiger partial charge in [-0.1, -0.05) is 55.4 Å². The molecule has 4 rings (SSSR count). The molecule has 2 radical (unpaired) electrons. The molecule has 0 aliphatic rings. The summed E-state index contributed by atoms with van der Waals surface area (Å²) in [4.78, 5) is 0. The Bertz CT molecular complexity index is 771. The quantitative estimate of drug-likeness (QED) is 0.201. The maximum Gasteiger partial charge on any atom is 0 e. The largest absolute Gasteiger partial charge is 0.226 e. The topological polar surface area (TPSA) is 0 Å². The van der Waals surface area contributed by atoms with Crippen LogP contribution in [0.1, 0.15) is 66.5 Å². The summed E-state index contributed by atoms with van der Waals surface area (Å²) in [5, 5.41) is 0. The average molecular weight is 617 g/mol. The van der Waals surface area contributed by atoms with Gasteiger partial charge in [-0.15, -0.1) is 12.1 Å². The van der Waals surface area contributed by atoms with Crippen LogP contribution < -0.4 is 0 Å². The molecule has 4 aromatic rings. The molecule has 0 bridgehead atoms. The minimum Gasteiger partial charge on any atom is -0.226 e. The van der Waals surface area contributed by atoms with E-state index in [0.717, 1.165) is 17.5 Å². The van der Waals surface area contributed by atoms with Crippen LogP contribution in [0.15, 0.2) is 97.1 Å². The zero-order valence-corrected chi connectivity index (χ0v) is 28.8. The Hall–Kier alpha value is -0.912. The third kappa shape index (κ3) is 20.9. The molecule has 0 aromatic heterocycles. The molecule has 0 amide bonds. The van der Waals surface area contributed by atoms with Gasteiger partial charge in [0.2, 0.25) is 0 Å². The van der Waals surface area contributed by atoms with E-state index in [1.54, 1.807) is 0 Å². The zero-order chi connectivity index (χ0) is 25.2.